The fourth-order valence-corrected chi connectivity index (χ4v) is 5.93. The van der Waals surface area contributed by atoms with Gasteiger partial charge in [-0.1, -0.05) is 36.4 Å². The summed E-state index contributed by atoms with van der Waals surface area (Å²) < 4.78 is 22.7. The van der Waals surface area contributed by atoms with Crippen LogP contribution in [0.15, 0.2) is 72.9 Å². The van der Waals surface area contributed by atoms with Gasteiger partial charge in [-0.25, -0.2) is 13.9 Å². The number of fused-ring (bicyclic) bond motifs is 3. The molecule has 1 N–H and O–H groups in total. The number of hydrogen-bond acceptors (Lipinski definition) is 5. The van der Waals surface area contributed by atoms with Crippen LogP contribution in [-0.4, -0.2) is 37.3 Å². The molecule has 1 aliphatic heterocycles. The Bertz CT molecular complexity index is 2050. The van der Waals surface area contributed by atoms with E-state index in [-0.39, 0.29) is 12.2 Å². The minimum Gasteiger partial charge on any atom is -0.490 e. The van der Waals surface area contributed by atoms with Gasteiger partial charge in [0.2, 0.25) is 0 Å². The van der Waals surface area contributed by atoms with Crippen LogP contribution in [-0.2, 0) is 17.6 Å². The van der Waals surface area contributed by atoms with E-state index in [9.17, 15) is 9.90 Å². The minimum atomic E-state index is -0.996. The summed E-state index contributed by atoms with van der Waals surface area (Å²) in [5, 5.41) is 15.8. The summed E-state index contributed by atoms with van der Waals surface area (Å²) in [4.78, 5) is 21.3. The summed E-state index contributed by atoms with van der Waals surface area (Å²) in [5.41, 5.74) is 8.86. The van der Waals surface area contributed by atoms with E-state index < -0.39 is 11.8 Å². The Kier molecular flexibility index (Phi) is 6.19. The molecule has 42 heavy (non-hydrogen) atoms. The van der Waals surface area contributed by atoms with E-state index in [1.807, 2.05) is 61.7 Å². The Hall–Kier alpha value is -5.11. The average molecular weight is 559 g/mol. The molecule has 8 heteroatoms. The number of para-hydroxylation sites is 1. The van der Waals surface area contributed by atoms with E-state index in [0.29, 0.717) is 46.9 Å². The predicted octanol–water partition coefficient (Wildman–Crippen LogP) is 6.99. The van der Waals surface area contributed by atoms with Gasteiger partial charge in [0.1, 0.15) is 0 Å². The number of benzene rings is 3. The molecule has 1 aliphatic rings. The van der Waals surface area contributed by atoms with Crippen molar-refractivity contribution in [3.63, 3.8) is 0 Å². The monoisotopic (exact) mass is 558 g/mol. The first kappa shape index (κ1) is 25.8. The van der Waals surface area contributed by atoms with Gasteiger partial charge in [-0.15, -0.1) is 0 Å². The number of carboxylic acid groups (broad SMARTS) is 1. The second-order valence-corrected chi connectivity index (χ2v) is 10.7. The summed E-state index contributed by atoms with van der Waals surface area (Å²) in [5.74, 6) is -1.17. The summed E-state index contributed by atoms with van der Waals surface area (Å²) in [6.07, 6.45) is 3.08. The lowest BCUT2D eigenvalue weighted by Crippen LogP contribution is -2.14. The zero-order chi connectivity index (χ0) is 29.0. The first-order valence-electron chi connectivity index (χ1n) is 13.9. The molecule has 7 nitrogen and oxygen atoms in total. The second-order valence-electron chi connectivity index (χ2n) is 10.7. The molecule has 0 saturated carbocycles. The normalized spacial score (nSPS) is 12.8. The van der Waals surface area contributed by atoms with Crippen molar-refractivity contribution in [1.82, 2.24) is 19.6 Å². The van der Waals surface area contributed by atoms with Crippen LogP contribution >= 0.6 is 0 Å². The van der Waals surface area contributed by atoms with Crippen molar-refractivity contribution in [3.8, 4) is 39.4 Å². The molecule has 0 bridgehead atoms. The van der Waals surface area contributed by atoms with Crippen molar-refractivity contribution in [2.45, 2.75) is 33.1 Å². The van der Waals surface area contributed by atoms with Gasteiger partial charge < -0.3 is 9.84 Å². The maximum Gasteiger partial charge on any atom is 0.307 e. The van der Waals surface area contributed by atoms with E-state index in [1.54, 1.807) is 11.4 Å². The number of aliphatic carboxylic acids is 1. The number of nitrogens with zero attached hydrogens (tertiary/aromatic N) is 4. The average Bonchev–Trinajstić information content (AvgIpc) is 3.43. The molecule has 4 heterocycles. The second kappa shape index (κ2) is 10.1. The van der Waals surface area contributed by atoms with E-state index in [4.69, 9.17) is 14.8 Å². The molecule has 6 aromatic rings. The Morgan fingerprint density at radius 2 is 1.86 bits per heavy atom. The number of halogens is 1. The Morgan fingerprint density at radius 1 is 1.02 bits per heavy atom. The highest BCUT2D eigenvalue weighted by molar-refractivity contribution is 5.85. The maximum absolute atomic E-state index is 15.4. The molecule has 0 aliphatic carbocycles. The van der Waals surface area contributed by atoms with Crippen LogP contribution in [0.4, 0.5) is 4.39 Å². The maximum atomic E-state index is 15.4. The lowest BCUT2D eigenvalue weighted by molar-refractivity contribution is -0.136. The molecule has 0 unspecified atom stereocenters. The minimum absolute atomic E-state index is 0.265. The molecule has 0 atom stereocenters. The van der Waals surface area contributed by atoms with E-state index in [2.05, 4.69) is 17.1 Å². The number of pyridine rings is 1. The zero-order valence-electron chi connectivity index (χ0n) is 23.2. The van der Waals surface area contributed by atoms with Gasteiger partial charge in [0.15, 0.2) is 17.2 Å². The third-order valence-electron chi connectivity index (χ3n) is 8.01. The highest BCUT2D eigenvalue weighted by atomic mass is 19.1. The quantitative estimate of drug-likeness (QED) is 0.245. The first-order chi connectivity index (χ1) is 20.4. The van der Waals surface area contributed by atoms with Gasteiger partial charge in [0.05, 0.1) is 29.9 Å². The molecule has 0 radical (unpaired) electrons. The largest absolute Gasteiger partial charge is 0.490 e. The Labute approximate surface area is 241 Å². The zero-order valence-corrected chi connectivity index (χ0v) is 23.2. The van der Waals surface area contributed by atoms with Crippen LogP contribution in [0.1, 0.15) is 28.8 Å². The van der Waals surface area contributed by atoms with Crippen LogP contribution in [0.25, 0.3) is 50.2 Å². The van der Waals surface area contributed by atoms with Crippen molar-refractivity contribution in [1.29, 1.82) is 0 Å². The van der Waals surface area contributed by atoms with Crippen LogP contribution in [0.2, 0.25) is 0 Å². The van der Waals surface area contributed by atoms with Gasteiger partial charge in [0, 0.05) is 51.2 Å². The fourth-order valence-electron chi connectivity index (χ4n) is 5.93. The lowest BCUT2D eigenvalue weighted by Gasteiger charge is -2.23. The third kappa shape index (κ3) is 4.36. The highest BCUT2D eigenvalue weighted by Crippen LogP contribution is 2.39. The summed E-state index contributed by atoms with van der Waals surface area (Å²) >= 11 is 0. The number of ether oxygens (including phenoxy) is 1. The molecule has 3 aromatic carbocycles. The number of hydrogen-bond donors (Lipinski definition) is 1. The van der Waals surface area contributed by atoms with Crippen molar-refractivity contribution >= 4 is 22.5 Å². The predicted molar refractivity (Wildman–Crippen MR) is 159 cm³/mol. The van der Waals surface area contributed by atoms with Gasteiger partial charge in [-0.2, -0.15) is 5.10 Å². The highest BCUT2D eigenvalue weighted by Gasteiger charge is 2.26. The molecule has 0 saturated heterocycles. The molecule has 0 amide bonds. The van der Waals surface area contributed by atoms with Crippen LogP contribution in [0, 0.1) is 19.7 Å². The fraction of sp³-hybridized carbons (Fsp3) is 0.176. The Balaban J connectivity index is 1.41. The van der Waals surface area contributed by atoms with Gasteiger partial charge in [-0.3, -0.25) is 9.78 Å². The standard InChI is InChI=1S/C34H27FN4O3/c1-19-25-10-6-12-42-34(25)28(35)15-26(19)33-27(16-32(40)41)20(2)37-31-17-30(38-39(31)33)23-9-5-8-21(13-23)24-14-22-7-3-4-11-29(22)36-18-24/h3-5,7-9,11,13-15,17-18H,6,10,12,16H2,1-2H3,(H,40,41). The molecule has 208 valence electrons. The number of carbonyl (C=O) groups is 1. The van der Waals surface area contributed by atoms with Gasteiger partial charge >= 0.3 is 5.97 Å². The smallest absolute Gasteiger partial charge is 0.307 e. The molecular weight excluding hydrogens is 531 g/mol. The molecule has 0 fully saturated rings. The topological polar surface area (TPSA) is 89.6 Å². The number of rotatable bonds is 5. The Morgan fingerprint density at radius 3 is 2.71 bits per heavy atom. The van der Waals surface area contributed by atoms with E-state index in [1.165, 1.54) is 6.07 Å². The van der Waals surface area contributed by atoms with E-state index in [0.717, 1.165) is 45.1 Å². The van der Waals surface area contributed by atoms with Crippen molar-refractivity contribution in [2.75, 3.05) is 6.61 Å². The summed E-state index contributed by atoms with van der Waals surface area (Å²) in [7, 11) is 0. The number of carboxylic acids is 1. The van der Waals surface area contributed by atoms with Crippen molar-refractivity contribution < 1.29 is 19.0 Å². The summed E-state index contributed by atoms with van der Waals surface area (Å²) in [6, 6.07) is 21.5. The summed E-state index contributed by atoms with van der Waals surface area (Å²) in [6.45, 7) is 4.19. The van der Waals surface area contributed by atoms with Gasteiger partial charge in [-0.05, 0) is 62.1 Å². The van der Waals surface area contributed by atoms with Crippen LogP contribution in [0.3, 0.4) is 0 Å². The van der Waals surface area contributed by atoms with Crippen LogP contribution in [0.5, 0.6) is 5.75 Å². The van der Waals surface area contributed by atoms with Crippen LogP contribution < -0.4 is 4.74 Å². The molecule has 3 aromatic heterocycles. The third-order valence-corrected chi connectivity index (χ3v) is 8.01. The lowest BCUT2D eigenvalue weighted by atomic mass is 9.91. The van der Waals surface area contributed by atoms with Crippen molar-refractivity contribution in [2.24, 2.45) is 0 Å². The van der Waals surface area contributed by atoms with E-state index >= 15 is 4.39 Å². The van der Waals surface area contributed by atoms with Gasteiger partial charge in [0.25, 0.3) is 0 Å². The SMILES string of the molecule is Cc1nc2cc(-c3cccc(-c4cnc5ccccc5c4)c3)nn2c(-c2cc(F)c3c(c2C)CCCO3)c1CC(=O)O. The number of aromatic nitrogens is 4. The number of aryl methyl sites for hydroxylation is 1. The first-order valence-corrected chi connectivity index (χ1v) is 13.9. The molecule has 0 spiro atoms. The van der Waals surface area contributed by atoms with Crippen molar-refractivity contribution in [3.05, 3.63) is 101 Å². The molecular formula is C34H27FN4O3. The molecule has 7 rings (SSSR count).